The molecule has 1 heterocycles. The molecule has 6 heteroatoms. The fourth-order valence-corrected chi connectivity index (χ4v) is 1.52. The Balaban J connectivity index is 2.50. The molecule has 100 valence electrons. The molecule has 0 fully saturated rings. The Morgan fingerprint density at radius 2 is 2.28 bits per heavy atom. The zero-order chi connectivity index (χ0) is 13.6. The quantitative estimate of drug-likeness (QED) is 0.679. The Kier molecular flexibility index (Phi) is 5.03. The summed E-state index contributed by atoms with van der Waals surface area (Å²) in [5, 5.41) is 11.5. The van der Waals surface area contributed by atoms with Crippen molar-refractivity contribution in [2.24, 2.45) is 5.41 Å². The van der Waals surface area contributed by atoms with Gasteiger partial charge in [-0.15, -0.1) is 0 Å². The topological polar surface area (TPSA) is 95.1 Å². The van der Waals surface area contributed by atoms with Crippen LogP contribution < -0.4 is 10.9 Å². The minimum Gasteiger partial charge on any atom is -0.396 e. The van der Waals surface area contributed by atoms with Crippen LogP contribution in [0.25, 0.3) is 0 Å². The van der Waals surface area contributed by atoms with Crippen LogP contribution in [0.15, 0.2) is 17.2 Å². The molecular weight excluding hydrogens is 234 g/mol. The largest absolute Gasteiger partial charge is 0.396 e. The van der Waals surface area contributed by atoms with Crippen molar-refractivity contribution in [1.82, 2.24) is 15.3 Å². The lowest BCUT2D eigenvalue weighted by Crippen LogP contribution is -2.34. The van der Waals surface area contributed by atoms with E-state index in [0.29, 0.717) is 13.0 Å². The summed E-state index contributed by atoms with van der Waals surface area (Å²) >= 11 is 0. The molecule has 0 bridgehead atoms. The second-order valence-corrected chi connectivity index (χ2v) is 4.97. The molecule has 0 atom stereocenters. The fourth-order valence-electron chi connectivity index (χ4n) is 1.52. The predicted octanol–water partition coefficient (Wildman–Crippen LogP) is 0.298. The standard InChI is InChI=1S/C12H19N3O3/c1-12(2,4-3-5-16)8-15-11(18)9-6-14-10(17)7-13-9/h6-7,16H,3-5,8H2,1-2H3,(H,14,17)(H,15,18). The molecule has 0 aliphatic rings. The summed E-state index contributed by atoms with van der Waals surface area (Å²) in [6, 6.07) is 0. The normalized spacial score (nSPS) is 11.3. The van der Waals surface area contributed by atoms with Gasteiger partial charge >= 0.3 is 0 Å². The SMILES string of the molecule is CC(C)(CCCO)CNC(=O)c1c[nH]c(=O)cn1. The van der Waals surface area contributed by atoms with Crippen LogP contribution in [0.1, 0.15) is 37.2 Å². The van der Waals surface area contributed by atoms with Gasteiger partial charge < -0.3 is 15.4 Å². The zero-order valence-electron chi connectivity index (χ0n) is 10.7. The molecule has 1 amide bonds. The summed E-state index contributed by atoms with van der Waals surface area (Å²) < 4.78 is 0. The fraction of sp³-hybridized carbons (Fsp3) is 0.583. The smallest absolute Gasteiger partial charge is 0.271 e. The van der Waals surface area contributed by atoms with Crippen LogP contribution in [0.3, 0.4) is 0 Å². The second kappa shape index (κ2) is 6.30. The number of nitrogens with zero attached hydrogens (tertiary/aromatic N) is 1. The Morgan fingerprint density at radius 3 is 2.83 bits per heavy atom. The molecule has 18 heavy (non-hydrogen) atoms. The number of rotatable bonds is 6. The van der Waals surface area contributed by atoms with Gasteiger partial charge in [0.15, 0.2) is 0 Å². The van der Waals surface area contributed by atoms with E-state index in [2.05, 4.69) is 15.3 Å². The third kappa shape index (κ3) is 4.67. The second-order valence-electron chi connectivity index (χ2n) is 4.97. The first kappa shape index (κ1) is 14.4. The Bertz CT molecular complexity index is 434. The summed E-state index contributed by atoms with van der Waals surface area (Å²) in [5.41, 5.74) is -0.233. The number of aliphatic hydroxyl groups is 1. The number of aliphatic hydroxyl groups excluding tert-OH is 1. The molecule has 1 rings (SSSR count). The molecule has 0 aromatic carbocycles. The van der Waals surface area contributed by atoms with Crippen molar-refractivity contribution < 1.29 is 9.90 Å². The van der Waals surface area contributed by atoms with E-state index in [-0.39, 0.29) is 29.2 Å². The van der Waals surface area contributed by atoms with E-state index in [1.54, 1.807) is 0 Å². The van der Waals surface area contributed by atoms with Gasteiger partial charge in [0.1, 0.15) is 5.69 Å². The van der Waals surface area contributed by atoms with E-state index >= 15 is 0 Å². The van der Waals surface area contributed by atoms with Crippen LogP contribution in [-0.4, -0.2) is 34.1 Å². The van der Waals surface area contributed by atoms with Gasteiger partial charge in [-0.05, 0) is 18.3 Å². The number of hydrogen-bond acceptors (Lipinski definition) is 4. The van der Waals surface area contributed by atoms with Crippen LogP contribution >= 0.6 is 0 Å². The molecule has 0 unspecified atom stereocenters. The molecule has 0 aliphatic heterocycles. The molecule has 1 aromatic heterocycles. The van der Waals surface area contributed by atoms with Gasteiger partial charge in [-0.25, -0.2) is 4.98 Å². The molecule has 0 spiro atoms. The third-order valence-corrected chi connectivity index (χ3v) is 2.64. The summed E-state index contributed by atoms with van der Waals surface area (Å²) in [6.45, 7) is 4.68. The van der Waals surface area contributed by atoms with Gasteiger partial charge in [0.2, 0.25) is 0 Å². The van der Waals surface area contributed by atoms with E-state index in [9.17, 15) is 9.59 Å². The average Bonchev–Trinajstić information content (AvgIpc) is 2.35. The van der Waals surface area contributed by atoms with Crippen LogP contribution in [0.4, 0.5) is 0 Å². The highest BCUT2D eigenvalue weighted by atomic mass is 16.3. The molecule has 3 N–H and O–H groups in total. The third-order valence-electron chi connectivity index (χ3n) is 2.64. The van der Waals surface area contributed by atoms with Crippen LogP contribution in [0.2, 0.25) is 0 Å². The van der Waals surface area contributed by atoms with Crippen molar-refractivity contribution in [2.45, 2.75) is 26.7 Å². The highest BCUT2D eigenvalue weighted by Gasteiger charge is 2.19. The average molecular weight is 253 g/mol. The number of aromatic amines is 1. The van der Waals surface area contributed by atoms with Crippen molar-refractivity contribution in [3.05, 3.63) is 28.4 Å². The van der Waals surface area contributed by atoms with Crippen molar-refractivity contribution >= 4 is 5.91 Å². The number of carbonyl (C=O) groups is 1. The maximum atomic E-state index is 11.7. The number of amides is 1. The molecule has 0 saturated carbocycles. The molecule has 1 aromatic rings. The monoisotopic (exact) mass is 253 g/mol. The number of H-pyrrole nitrogens is 1. The number of nitrogens with one attached hydrogen (secondary N) is 2. The van der Waals surface area contributed by atoms with Crippen LogP contribution in [0.5, 0.6) is 0 Å². The molecule has 0 aliphatic carbocycles. The zero-order valence-corrected chi connectivity index (χ0v) is 10.7. The minimum atomic E-state index is -0.338. The first-order valence-corrected chi connectivity index (χ1v) is 5.88. The first-order chi connectivity index (χ1) is 8.44. The lowest BCUT2D eigenvalue weighted by Gasteiger charge is -2.24. The molecular formula is C12H19N3O3. The van der Waals surface area contributed by atoms with E-state index in [4.69, 9.17) is 5.11 Å². The van der Waals surface area contributed by atoms with Crippen molar-refractivity contribution in [3.8, 4) is 0 Å². The predicted molar refractivity (Wildman–Crippen MR) is 67.3 cm³/mol. The van der Waals surface area contributed by atoms with Crippen LogP contribution in [-0.2, 0) is 0 Å². The number of hydrogen-bond donors (Lipinski definition) is 3. The first-order valence-electron chi connectivity index (χ1n) is 5.88. The van der Waals surface area contributed by atoms with Gasteiger partial charge in [-0.1, -0.05) is 13.8 Å². The Labute approximate surface area is 105 Å². The van der Waals surface area contributed by atoms with Crippen LogP contribution in [0, 0.1) is 5.41 Å². The lowest BCUT2D eigenvalue weighted by atomic mass is 9.88. The minimum absolute atomic E-state index is 0.0828. The van der Waals surface area contributed by atoms with Gasteiger partial charge in [-0.3, -0.25) is 9.59 Å². The van der Waals surface area contributed by atoms with Gasteiger partial charge in [-0.2, -0.15) is 0 Å². The van der Waals surface area contributed by atoms with E-state index in [0.717, 1.165) is 12.6 Å². The molecule has 6 nitrogen and oxygen atoms in total. The van der Waals surface area contributed by atoms with Gasteiger partial charge in [0.25, 0.3) is 11.5 Å². The summed E-state index contributed by atoms with van der Waals surface area (Å²) in [7, 11) is 0. The van der Waals surface area contributed by atoms with E-state index in [1.807, 2.05) is 13.8 Å². The number of aromatic nitrogens is 2. The lowest BCUT2D eigenvalue weighted by molar-refractivity contribution is 0.0927. The van der Waals surface area contributed by atoms with Gasteiger partial charge in [0.05, 0.1) is 6.20 Å². The summed E-state index contributed by atoms with van der Waals surface area (Å²) in [5.74, 6) is -0.316. The van der Waals surface area contributed by atoms with Gasteiger partial charge in [0, 0.05) is 19.3 Å². The number of carbonyl (C=O) groups excluding carboxylic acids is 1. The maximum Gasteiger partial charge on any atom is 0.271 e. The summed E-state index contributed by atoms with van der Waals surface area (Å²) in [4.78, 5) is 28.7. The Hall–Kier alpha value is -1.69. The molecule has 0 saturated heterocycles. The van der Waals surface area contributed by atoms with E-state index < -0.39 is 0 Å². The summed E-state index contributed by atoms with van der Waals surface area (Å²) in [6.07, 6.45) is 3.90. The van der Waals surface area contributed by atoms with Crippen molar-refractivity contribution in [1.29, 1.82) is 0 Å². The van der Waals surface area contributed by atoms with Crippen molar-refractivity contribution in [2.75, 3.05) is 13.2 Å². The highest BCUT2D eigenvalue weighted by Crippen LogP contribution is 2.20. The Morgan fingerprint density at radius 1 is 1.56 bits per heavy atom. The van der Waals surface area contributed by atoms with Crippen molar-refractivity contribution in [3.63, 3.8) is 0 Å². The highest BCUT2D eigenvalue weighted by molar-refractivity contribution is 5.91. The molecule has 0 radical (unpaired) electrons. The van der Waals surface area contributed by atoms with E-state index in [1.165, 1.54) is 6.20 Å². The maximum absolute atomic E-state index is 11.7.